The van der Waals surface area contributed by atoms with Crippen LogP contribution in [0.15, 0.2) is 24.4 Å². The van der Waals surface area contributed by atoms with Gasteiger partial charge in [-0.2, -0.15) is 0 Å². The summed E-state index contributed by atoms with van der Waals surface area (Å²) < 4.78 is 0. The molecule has 0 aliphatic carbocycles. The Bertz CT molecular complexity index is 396. The number of carboxylic acids is 1. The quantitative estimate of drug-likeness (QED) is 0.795. The molecule has 0 aromatic carbocycles. The van der Waals surface area contributed by atoms with Crippen molar-refractivity contribution in [3.05, 3.63) is 30.1 Å². The van der Waals surface area contributed by atoms with Crippen molar-refractivity contribution in [2.24, 2.45) is 5.73 Å². The van der Waals surface area contributed by atoms with E-state index >= 15 is 0 Å². The summed E-state index contributed by atoms with van der Waals surface area (Å²) >= 11 is 0. The van der Waals surface area contributed by atoms with Crippen LogP contribution in [0.4, 0.5) is 0 Å². The molecule has 0 amide bonds. The maximum Gasteiger partial charge on any atom is 0.325 e. The van der Waals surface area contributed by atoms with Crippen LogP contribution in [-0.4, -0.2) is 39.6 Å². The first-order valence-electron chi connectivity index (χ1n) is 5.75. The SMILES string of the molecule is NC1(C(=O)O)CCCN(Cc2ccccn2)C1. The highest BCUT2D eigenvalue weighted by molar-refractivity contribution is 5.78. The first kappa shape index (κ1) is 12.0. The van der Waals surface area contributed by atoms with Crippen LogP contribution < -0.4 is 5.73 Å². The van der Waals surface area contributed by atoms with Crippen molar-refractivity contribution >= 4 is 5.97 Å². The summed E-state index contributed by atoms with van der Waals surface area (Å²) in [5.74, 6) is -0.914. The third-order valence-electron chi connectivity index (χ3n) is 3.14. The number of aliphatic carboxylic acids is 1. The molecule has 0 saturated carbocycles. The van der Waals surface area contributed by atoms with Gasteiger partial charge in [-0.3, -0.25) is 14.7 Å². The summed E-state index contributed by atoms with van der Waals surface area (Å²) in [6, 6.07) is 5.73. The van der Waals surface area contributed by atoms with E-state index in [4.69, 9.17) is 10.8 Å². The number of nitrogens with zero attached hydrogens (tertiary/aromatic N) is 2. The highest BCUT2D eigenvalue weighted by Crippen LogP contribution is 2.20. The maximum absolute atomic E-state index is 11.1. The van der Waals surface area contributed by atoms with Crippen LogP contribution in [0.5, 0.6) is 0 Å². The highest BCUT2D eigenvalue weighted by Gasteiger charge is 2.38. The Balaban J connectivity index is 2.01. The van der Waals surface area contributed by atoms with Gasteiger partial charge in [0, 0.05) is 19.3 Å². The van der Waals surface area contributed by atoms with Gasteiger partial charge in [-0.25, -0.2) is 0 Å². The van der Waals surface area contributed by atoms with Gasteiger partial charge in [0.25, 0.3) is 0 Å². The zero-order valence-electron chi connectivity index (χ0n) is 9.67. The molecule has 1 unspecified atom stereocenters. The monoisotopic (exact) mass is 235 g/mol. The Morgan fingerprint density at radius 3 is 3.06 bits per heavy atom. The Kier molecular flexibility index (Phi) is 3.40. The van der Waals surface area contributed by atoms with Gasteiger partial charge >= 0.3 is 5.97 Å². The summed E-state index contributed by atoms with van der Waals surface area (Å²) in [5, 5.41) is 9.11. The molecule has 3 N–H and O–H groups in total. The van der Waals surface area contributed by atoms with Crippen molar-refractivity contribution in [3.63, 3.8) is 0 Å². The predicted octanol–water partition coefficient (Wildman–Crippen LogP) is 0.459. The largest absolute Gasteiger partial charge is 0.480 e. The Morgan fingerprint density at radius 1 is 1.59 bits per heavy atom. The summed E-state index contributed by atoms with van der Waals surface area (Å²) in [6.45, 7) is 1.93. The molecule has 2 heterocycles. The molecular formula is C12H17N3O2. The van der Waals surface area contributed by atoms with Crippen molar-refractivity contribution < 1.29 is 9.90 Å². The molecule has 1 aliphatic rings. The number of hydrogen-bond acceptors (Lipinski definition) is 4. The Morgan fingerprint density at radius 2 is 2.41 bits per heavy atom. The molecule has 0 spiro atoms. The minimum Gasteiger partial charge on any atom is -0.480 e. The van der Waals surface area contributed by atoms with Crippen molar-refractivity contribution in [2.75, 3.05) is 13.1 Å². The molecule has 1 aromatic rings. The van der Waals surface area contributed by atoms with E-state index in [0.717, 1.165) is 18.7 Å². The molecule has 92 valence electrons. The van der Waals surface area contributed by atoms with Gasteiger partial charge in [-0.15, -0.1) is 0 Å². The summed E-state index contributed by atoms with van der Waals surface area (Å²) in [6.07, 6.45) is 3.10. The van der Waals surface area contributed by atoms with Gasteiger partial charge in [-0.1, -0.05) is 6.07 Å². The highest BCUT2D eigenvalue weighted by atomic mass is 16.4. The lowest BCUT2D eigenvalue weighted by molar-refractivity contribution is -0.145. The van der Waals surface area contributed by atoms with E-state index in [9.17, 15) is 4.79 Å². The van der Waals surface area contributed by atoms with Crippen LogP contribution in [0, 0.1) is 0 Å². The van der Waals surface area contributed by atoms with E-state index < -0.39 is 11.5 Å². The van der Waals surface area contributed by atoms with E-state index in [0.29, 0.717) is 19.5 Å². The van der Waals surface area contributed by atoms with Crippen LogP contribution >= 0.6 is 0 Å². The van der Waals surface area contributed by atoms with Gasteiger partial charge in [0.15, 0.2) is 0 Å². The molecule has 1 atom stereocenters. The number of likely N-dealkylation sites (tertiary alicyclic amines) is 1. The number of pyridine rings is 1. The van der Waals surface area contributed by atoms with Crippen molar-refractivity contribution in [2.45, 2.75) is 24.9 Å². The van der Waals surface area contributed by atoms with Crippen LogP contribution in [0.3, 0.4) is 0 Å². The van der Waals surface area contributed by atoms with Crippen molar-refractivity contribution in [1.29, 1.82) is 0 Å². The average molecular weight is 235 g/mol. The second kappa shape index (κ2) is 4.81. The number of nitrogens with two attached hydrogens (primary N) is 1. The Labute approximate surface area is 100 Å². The smallest absolute Gasteiger partial charge is 0.325 e. The van der Waals surface area contributed by atoms with E-state index in [1.807, 2.05) is 18.2 Å². The molecule has 5 nitrogen and oxygen atoms in total. The number of piperidine rings is 1. The standard InChI is InChI=1S/C12H17N3O2/c13-12(11(16)17)5-3-7-15(9-12)8-10-4-1-2-6-14-10/h1-2,4,6H,3,5,7-9,13H2,(H,16,17). The zero-order valence-corrected chi connectivity index (χ0v) is 9.67. The van der Waals surface area contributed by atoms with Gasteiger partial charge in [-0.05, 0) is 31.5 Å². The molecular weight excluding hydrogens is 218 g/mol. The number of hydrogen-bond donors (Lipinski definition) is 2. The number of aromatic nitrogens is 1. The number of rotatable bonds is 3. The molecule has 1 aromatic heterocycles. The van der Waals surface area contributed by atoms with Gasteiger partial charge in [0.1, 0.15) is 5.54 Å². The lowest BCUT2D eigenvalue weighted by Crippen LogP contribution is -2.59. The maximum atomic E-state index is 11.1. The molecule has 0 bridgehead atoms. The molecule has 17 heavy (non-hydrogen) atoms. The van der Waals surface area contributed by atoms with Crippen LogP contribution in [0.25, 0.3) is 0 Å². The third kappa shape index (κ3) is 2.81. The molecule has 1 saturated heterocycles. The second-order valence-corrected chi connectivity index (χ2v) is 4.60. The van der Waals surface area contributed by atoms with Gasteiger partial charge in [0.2, 0.25) is 0 Å². The second-order valence-electron chi connectivity index (χ2n) is 4.60. The minimum atomic E-state index is -1.10. The van der Waals surface area contributed by atoms with Gasteiger partial charge in [0.05, 0.1) is 5.69 Å². The molecule has 1 aliphatic heterocycles. The van der Waals surface area contributed by atoms with E-state index in [1.54, 1.807) is 6.20 Å². The lowest BCUT2D eigenvalue weighted by Gasteiger charge is -2.37. The lowest BCUT2D eigenvalue weighted by atomic mass is 9.90. The molecule has 0 radical (unpaired) electrons. The topological polar surface area (TPSA) is 79.5 Å². The van der Waals surface area contributed by atoms with Gasteiger partial charge < -0.3 is 10.8 Å². The van der Waals surface area contributed by atoms with Crippen LogP contribution in [0.1, 0.15) is 18.5 Å². The van der Waals surface area contributed by atoms with E-state index in [1.165, 1.54) is 0 Å². The normalized spacial score (nSPS) is 25.7. The summed E-state index contributed by atoms with van der Waals surface area (Å²) in [7, 11) is 0. The molecule has 2 rings (SSSR count). The summed E-state index contributed by atoms with van der Waals surface area (Å²) in [4.78, 5) is 17.4. The van der Waals surface area contributed by atoms with Crippen LogP contribution in [-0.2, 0) is 11.3 Å². The van der Waals surface area contributed by atoms with Crippen molar-refractivity contribution in [1.82, 2.24) is 9.88 Å². The molecule has 1 fully saturated rings. The minimum absolute atomic E-state index is 0.388. The zero-order chi connectivity index (χ0) is 12.3. The van der Waals surface area contributed by atoms with E-state index in [-0.39, 0.29) is 0 Å². The number of carboxylic acid groups (broad SMARTS) is 1. The first-order chi connectivity index (χ1) is 8.10. The van der Waals surface area contributed by atoms with E-state index in [2.05, 4.69) is 9.88 Å². The Hall–Kier alpha value is -1.46. The number of carbonyl (C=O) groups is 1. The predicted molar refractivity (Wildman–Crippen MR) is 63.3 cm³/mol. The first-order valence-corrected chi connectivity index (χ1v) is 5.75. The fourth-order valence-electron chi connectivity index (χ4n) is 2.21. The summed E-state index contributed by atoms with van der Waals surface area (Å²) in [5.41, 5.74) is 5.73. The fraction of sp³-hybridized carbons (Fsp3) is 0.500. The van der Waals surface area contributed by atoms with Crippen molar-refractivity contribution in [3.8, 4) is 0 Å². The fourth-order valence-corrected chi connectivity index (χ4v) is 2.21. The third-order valence-corrected chi connectivity index (χ3v) is 3.14. The molecule has 5 heteroatoms. The average Bonchev–Trinajstić information content (AvgIpc) is 2.30. The van der Waals surface area contributed by atoms with Crippen LogP contribution in [0.2, 0.25) is 0 Å².